The fourth-order valence-electron chi connectivity index (χ4n) is 2.60. The molecule has 23 heavy (non-hydrogen) atoms. The lowest BCUT2D eigenvalue weighted by Crippen LogP contribution is -2.27. The van der Waals surface area contributed by atoms with E-state index in [4.69, 9.17) is 0 Å². The fraction of sp³-hybridized carbons (Fsp3) is 0.294. The van der Waals surface area contributed by atoms with E-state index in [0.717, 1.165) is 28.0 Å². The van der Waals surface area contributed by atoms with Crippen molar-refractivity contribution in [2.45, 2.75) is 33.7 Å². The zero-order valence-electron chi connectivity index (χ0n) is 13.6. The number of pyridine rings is 1. The molecule has 6 heteroatoms. The second kappa shape index (κ2) is 5.79. The molecule has 0 unspecified atom stereocenters. The number of rotatable bonds is 3. The summed E-state index contributed by atoms with van der Waals surface area (Å²) in [5.41, 5.74) is 3.35. The third-order valence-electron chi connectivity index (χ3n) is 3.76. The molecule has 2 N–H and O–H groups in total. The monoisotopic (exact) mass is 309 g/mol. The van der Waals surface area contributed by atoms with Crippen LogP contribution in [-0.4, -0.2) is 26.1 Å². The molecule has 1 amide bonds. The maximum atomic E-state index is 12.7. The SMILES string of the molecule is Cc1cc(C(=O)N[C@@H](C)c2n[nH]c(C)n2)c2cccc(C)c2n1. The van der Waals surface area contributed by atoms with Gasteiger partial charge in [-0.25, -0.2) is 4.98 Å². The number of hydrogen-bond donors (Lipinski definition) is 2. The lowest BCUT2D eigenvalue weighted by molar-refractivity contribution is 0.0940. The number of carbonyl (C=O) groups is 1. The van der Waals surface area contributed by atoms with Gasteiger partial charge in [-0.3, -0.25) is 14.9 Å². The van der Waals surface area contributed by atoms with Gasteiger partial charge < -0.3 is 5.32 Å². The zero-order valence-corrected chi connectivity index (χ0v) is 13.6. The smallest absolute Gasteiger partial charge is 0.252 e. The minimum absolute atomic E-state index is 0.152. The van der Waals surface area contributed by atoms with Gasteiger partial charge in [0.25, 0.3) is 5.91 Å². The molecule has 2 aromatic heterocycles. The van der Waals surface area contributed by atoms with E-state index >= 15 is 0 Å². The van der Waals surface area contributed by atoms with E-state index < -0.39 is 0 Å². The van der Waals surface area contributed by atoms with Gasteiger partial charge in [-0.2, -0.15) is 5.10 Å². The van der Waals surface area contributed by atoms with Crippen LogP contribution >= 0.6 is 0 Å². The first-order valence-electron chi connectivity index (χ1n) is 7.52. The first-order valence-corrected chi connectivity index (χ1v) is 7.52. The number of benzene rings is 1. The average molecular weight is 309 g/mol. The number of aromatic amines is 1. The van der Waals surface area contributed by atoms with Gasteiger partial charge in [-0.1, -0.05) is 18.2 Å². The molecule has 0 aliphatic rings. The fourth-order valence-corrected chi connectivity index (χ4v) is 2.60. The Labute approximate surface area is 134 Å². The minimum Gasteiger partial charge on any atom is -0.342 e. The van der Waals surface area contributed by atoms with Crippen molar-refractivity contribution in [1.29, 1.82) is 0 Å². The number of amides is 1. The van der Waals surface area contributed by atoms with Gasteiger partial charge in [0.1, 0.15) is 5.82 Å². The maximum absolute atomic E-state index is 12.7. The highest BCUT2D eigenvalue weighted by Crippen LogP contribution is 2.22. The number of hydrogen-bond acceptors (Lipinski definition) is 4. The molecule has 0 aliphatic carbocycles. The van der Waals surface area contributed by atoms with Crippen molar-refractivity contribution in [3.05, 3.63) is 52.7 Å². The van der Waals surface area contributed by atoms with Gasteiger partial charge in [0.2, 0.25) is 0 Å². The lowest BCUT2D eigenvalue weighted by atomic mass is 10.0. The predicted molar refractivity (Wildman–Crippen MR) is 88.2 cm³/mol. The summed E-state index contributed by atoms with van der Waals surface area (Å²) >= 11 is 0. The van der Waals surface area contributed by atoms with Crippen LogP contribution in [0.5, 0.6) is 0 Å². The van der Waals surface area contributed by atoms with E-state index in [1.165, 1.54) is 0 Å². The van der Waals surface area contributed by atoms with Crippen molar-refractivity contribution in [3.8, 4) is 0 Å². The Balaban J connectivity index is 1.96. The molecule has 0 aliphatic heterocycles. The summed E-state index contributed by atoms with van der Waals surface area (Å²) in [7, 11) is 0. The number of fused-ring (bicyclic) bond motifs is 1. The number of nitrogens with zero attached hydrogens (tertiary/aromatic N) is 3. The normalized spacial score (nSPS) is 12.3. The van der Waals surface area contributed by atoms with Crippen molar-refractivity contribution in [2.24, 2.45) is 0 Å². The molecule has 0 saturated heterocycles. The van der Waals surface area contributed by atoms with Crippen molar-refractivity contribution in [1.82, 2.24) is 25.5 Å². The highest BCUT2D eigenvalue weighted by atomic mass is 16.1. The first-order chi connectivity index (χ1) is 11.0. The Hall–Kier alpha value is -2.76. The number of H-pyrrole nitrogens is 1. The summed E-state index contributed by atoms with van der Waals surface area (Å²) in [5, 5.41) is 10.7. The molecule has 0 fully saturated rings. The minimum atomic E-state index is -0.277. The average Bonchev–Trinajstić information content (AvgIpc) is 2.94. The second-order valence-corrected chi connectivity index (χ2v) is 5.76. The van der Waals surface area contributed by atoms with Crippen LogP contribution in [0.1, 0.15) is 46.2 Å². The number of para-hydroxylation sites is 1. The van der Waals surface area contributed by atoms with Gasteiger partial charge in [-0.05, 0) is 39.3 Å². The van der Waals surface area contributed by atoms with E-state index in [1.54, 1.807) is 0 Å². The molecule has 0 spiro atoms. The van der Waals surface area contributed by atoms with Crippen molar-refractivity contribution < 1.29 is 4.79 Å². The molecule has 6 nitrogen and oxygen atoms in total. The Bertz CT molecular complexity index is 884. The first kappa shape index (κ1) is 15.1. The third-order valence-corrected chi connectivity index (χ3v) is 3.76. The largest absolute Gasteiger partial charge is 0.342 e. The van der Waals surface area contributed by atoms with Gasteiger partial charge in [0.05, 0.1) is 17.1 Å². The number of carbonyl (C=O) groups excluding carboxylic acids is 1. The van der Waals surface area contributed by atoms with Crippen LogP contribution in [0.15, 0.2) is 24.3 Å². The van der Waals surface area contributed by atoms with Crippen LogP contribution in [0, 0.1) is 20.8 Å². The van der Waals surface area contributed by atoms with Gasteiger partial charge in [-0.15, -0.1) is 0 Å². The van der Waals surface area contributed by atoms with Crippen LogP contribution in [0.4, 0.5) is 0 Å². The number of aromatic nitrogens is 4. The summed E-state index contributed by atoms with van der Waals surface area (Å²) < 4.78 is 0. The highest BCUT2D eigenvalue weighted by Gasteiger charge is 2.18. The van der Waals surface area contributed by atoms with Crippen molar-refractivity contribution in [3.63, 3.8) is 0 Å². The van der Waals surface area contributed by atoms with Crippen LogP contribution in [0.3, 0.4) is 0 Å². The third kappa shape index (κ3) is 2.92. The van der Waals surface area contributed by atoms with E-state index in [-0.39, 0.29) is 11.9 Å². The highest BCUT2D eigenvalue weighted by molar-refractivity contribution is 6.06. The Morgan fingerprint density at radius 3 is 2.70 bits per heavy atom. The second-order valence-electron chi connectivity index (χ2n) is 5.76. The molecule has 3 aromatic rings. The summed E-state index contributed by atoms with van der Waals surface area (Å²) in [5.74, 6) is 1.14. The van der Waals surface area contributed by atoms with Crippen molar-refractivity contribution >= 4 is 16.8 Å². The summed E-state index contributed by atoms with van der Waals surface area (Å²) in [6, 6.07) is 7.39. The molecule has 118 valence electrons. The number of aryl methyl sites for hydroxylation is 3. The quantitative estimate of drug-likeness (QED) is 0.779. The maximum Gasteiger partial charge on any atom is 0.252 e. The van der Waals surface area contributed by atoms with E-state index in [2.05, 4.69) is 25.5 Å². The molecule has 1 aromatic carbocycles. The molecule has 2 heterocycles. The Morgan fingerprint density at radius 1 is 1.22 bits per heavy atom. The van der Waals surface area contributed by atoms with Crippen molar-refractivity contribution in [2.75, 3.05) is 0 Å². The van der Waals surface area contributed by atoms with Gasteiger partial charge >= 0.3 is 0 Å². The van der Waals surface area contributed by atoms with Crippen LogP contribution in [0.2, 0.25) is 0 Å². The van der Waals surface area contributed by atoms with E-state index in [9.17, 15) is 4.79 Å². The predicted octanol–water partition coefficient (Wildman–Crippen LogP) is 2.77. The molecule has 3 rings (SSSR count). The molecule has 0 bridgehead atoms. The van der Waals surface area contributed by atoms with E-state index in [1.807, 2.05) is 52.0 Å². The van der Waals surface area contributed by atoms with E-state index in [0.29, 0.717) is 11.4 Å². The Morgan fingerprint density at radius 2 is 2.00 bits per heavy atom. The molecular formula is C17H19N5O. The zero-order chi connectivity index (χ0) is 16.6. The van der Waals surface area contributed by atoms with Crippen LogP contribution in [0.25, 0.3) is 10.9 Å². The van der Waals surface area contributed by atoms with Crippen LogP contribution < -0.4 is 5.32 Å². The molecule has 1 atom stereocenters. The summed E-state index contributed by atoms with van der Waals surface area (Å²) in [6.07, 6.45) is 0. The standard InChI is InChI=1S/C17H19N5O/c1-9-6-5-7-13-14(8-10(2)18-15(9)13)17(23)19-11(3)16-20-12(4)21-22-16/h5-8,11H,1-4H3,(H,19,23)(H,20,21,22)/t11-/m0/s1. The molecule has 0 saturated carbocycles. The molecular weight excluding hydrogens is 290 g/mol. The van der Waals surface area contributed by atoms with Gasteiger partial charge in [0, 0.05) is 11.1 Å². The Kier molecular flexibility index (Phi) is 3.82. The lowest BCUT2D eigenvalue weighted by Gasteiger charge is -2.13. The summed E-state index contributed by atoms with van der Waals surface area (Å²) in [6.45, 7) is 7.58. The summed E-state index contributed by atoms with van der Waals surface area (Å²) in [4.78, 5) is 21.5. The van der Waals surface area contributed by atoms with Crippen LogP contribution in [-0.2, 0) is 0 Å². The topological polar surface area (TPSA) is 83.6 Å². The van der Waals surface area contributed by atoms with Gasteiger partial charge in [0.15, 0.2) is 5.82 Å². The number of nitrogens with one attached hydrogen (secondary N) is 2. The molecule has 0 radical (unpaired) electrons.